The zero-order chi connectivity index (χ0) is 14.6. The second-order valence-electron chi connectivity index (χ2n) is 5.87. The number of nitrogens with zero attached hydrogens (tertiary/aromatic N) is 4. The summed E-state index contributed by atoms with van der Waals surface area (Å²) in [6.07, 6.45) is 2.30. The molecule has 20 heavy (non-hydrogen) atoms. The maximum atomic E-state index is 11.8. The molecule has 1 atom stereocenters. The second-order valence-corrected chi connectivity index (χ2v) is 6.81. The summed E-state index contributed by atoms with van der Waals surface area (Å²) in [5.41, 5.74) is -0.221. The van der Waals surface area contributed by atoms with E-state index in [1.165, 1.54) is 11.8 Å². The first-order valence-corrected chi connectivity index (χ1v) is 7.74. The van der Waals surface area contributed by atoms with Gasteiger partial charge < -0.3 is 10.1 Å². The van der Waals surface area contributed by atoms with E-state index in [2.05, 4.69) is 20.8 Å². The number of aromatic nitrogens is 4. The first-order chi connectivity index (χ1) is 9.44. The molecule has 0 saturated carbocycles. The van der Waals surface area contributed by atoms with E-state index in [-0.39, 0.29) is 17.6 Å². The van der Waals surface area contributed by atoms with Crippen molar-refractivity contribution >= 4 is 17.7 Å². The Bertz CT molecular complexity index is 451. The van der Waals surface area contributed by atoms with Gasteiger partial charge in [0, 0.05) is 12.1 Å². The predicted molar refractivity (Wildman–Crippen MR) is 75.4 cm³/mol. The largest absolute Gasteiger partial charge is 0.376 e. The number of thioether (sulfide) groups is 1. The molecule has 0 bridgehead atoms. The maximum Gasteiger partial charge on any atom is 0.230 e. The van der Waals surface area contributed by atoms with Gasteiger partial charge >= 0.3 is 0 Å². The number of amides is 1. The molecule has 7 nitrogen and oxygen atoms in total. The summed E-state index contributed by atoms with van der Waals surface area (Å²) in [4.78, 5) is 11.8. The Morgan fingerprint density at radius 1 is 1.55 bits per heavy atom. The maximum absolute atomic E-state index is 11.8. The smallest absolute Gasteiger partial charge is 0.230 e. The summed E-state index contributed by atoms with van der Waals surface area (Å²) < 4.78 is 7.28. The van der Waals surface area contributed by atoms with Crippen molar-refractivity contribution in [1.82, 2.24) is 25.5 Å². The van der Waals surface area contributed by atoms with E-state index in [0.717, 1.165) is 19.4 Å². The Balaban J connectivity index is 1.84. The van der Waals surface area contributed by atoms with E-state index in [0.29, 0.717) is 17.5 Å². The molecule has 2 heterocycles. The highest BCUT2D eigenvalue weighted by molar-refractivity contribution is 7.99. The molecule has 0 unspecified atom stereocenters. The van der Waals surface area contributed by atoms with Crippen molar-refractivity contribution in [2.24, 2.45) is 0 Å². The number of rotatable bonds is 5. The molecule has 0 radical (unpaired) electrons. The molecule has 0 aromatic carbocycles. The number of hydrogen-bond donors (Lipinski definition) is 1. The lowest BCUT2D eigenvalue weighted by atomic mass is 10.1. The topological polar surface area (TPSA) is 81.9 Å². The number of tetrazole rings is 1. The SMILES string of the molecule is CC(C)(C)NC(=O)CSc1nnnn1C[C@@H]1CCCO1. The number of ether oxygens (including phenoxy) is 1. The van der Waals surface area contributed by atoms with Crippen LogP contribution >= 0.6 is 11.8 Å². The van der Waals surface area contributed by atoms with Gasteiger partial charge in [-0.3, -0.25) is 4.79 Å². The third-order valence-corrected chi connectivity index (χ3v) is 3.70. The molecule has 2 rings (SSSR count). The third kappa shape index (κ3) is 4.75. The first-order valence-electron chi connectivity index (χ1n) is 6.75. The van der Waals surface area contributed by atoms with Crippen LogP contribution < -0.4 is 5.32 Å². The molecule has 0 aliphatic carbocycles. The van der Waals surface area contributed by atoms with Crippen LogP contribution in [0.2, 0.25) is 0 Å². The molecular formula is C12H21N5O2S. The van der Waals surface area contributed by atoms with Crippen molar-refractivity contribution in [3.63, 3.8) is 0 Å². The monoisotopic (exact) mass is 299 g/mol. The fraction of sp³-hybridized carbons (Fsp3) is 0.833. The van der Waals surface area contributed by atoms with Gasteiger partial charge in [0.05, 0.1) is 18.4 Å². The van der Waals surface area contributed by atoms with E-state index in [9.17, 15) is 4.79 Å². The van der Waals surface area contributed by atoms with E-state index in [1.54, 1.807) is 4.68 Å². The van der Waals surface area contributed by atoms with Gasteiger partial charge in [0.25, 0.3) is 0 Å². The van der Waals surface area contributed by atoms with Crippen LogP contribution in [0.5, 0.6) is 0 Å². The van der Waals surface area contributed by atoms with Gasteiger partial charge in [0.1, 0.15) is 0 Å². The van der Waals surface area contributed by atoms with Crippen molar-refractivity contribution in [3.05, 3.63) is 0 Å². The molecule has 1 aromatic rings. The zero-order valence-electron chi connectivity index (χ0n) is 12.1. The lowest BCUT2D eigenvalue weighted by Gasteiger charge is -2.20. The quantitative estimate of drug-likeness (QED) is 0.812. The van der Waals surface area contributed by atoms with Crippen molar-refractivity contribution in [3.8, 4) is 0 Å². The van der Waals surface area contributed by atoms with Crippen LogP contribution in [0.4, 0.5) is 0 Å². The van der Waals surface area contributed by atoms with Crippen LogP contribution in [0.15, 0.2) is 5.16 Å². The second kappa shape index (κ2) is 6.53. The van der Waals surface area contributed by atoms with Crippen molar-refractivity contribution in [2.75, 3.05) is 12.4 Å². The Labute approximate surface area is 122 Å². The lowest BCUT2D eigenvalue weighted by molar-refractivity contribution is -0.119. The minimum absolute atomic E-state index is 0.0193. The van der Waals surface area contributed by atoms with Crippen LogP contribution in [0.25, 0.3) is 0 Å². The Kier molecular flexibility index (Phi) is 4.98. The molecule has 8 heteroatoms. The molecule has 1 N–H and O–H groups in total. The average Bonchev–Trinajstić information content (AvgIpc) is 2.96. The lowest BCUT2D eigenvalue weighted by Crippen LogP contribution is -2.41. The highest BCUT2D eigenvalue weighted by atomic mass is 32.2. The van der Waals surface area contributed by atoms with Crippen LogP contribution in [-0.2, 0) is 16.1 Å². The molecule has 1 aromatic heterocycles. The van der Waals surface area contributed by atoms with E-state index in [1.807, 2.05) is 20.8 Å². The van der Waals surface area contributed by atoms with Crippen LogP contribution in [0.3, 0.4) is 0 Å². The normalized spacial score (nSPS) is 19.2. The van der Waals surface area contributed by atoms with Crippen LogP contribution in [0.1, 0.15) is 33.6 Å². The van der Waals surface area contributed by atoms with Crippen molar-refractivity contribution in [1.29, 1.82) is 0 Å². The molecule has 1 amide bonds. The molecular weight excluding hydrogens is 278 g/mol. The van der Waals surface area contributed by atoms with Crippen molar-refractivity contribution in [2.45, 2.75) is 57.0 Å². The summed E-state index contributed by atoms with van der Waals surface area (Å²) in [5, 5.41) is 15.2. The summed E-state index contributed by atoms with van der Waals surface area (Å²) in [6.45, 7) is 7.32. The predicted octanol–water partition coefficient (Wildman–Crippen LogP) is 0.859. The molecule has 1 saturated heterocycles. The highest BCUT2D eigenvalue weighted by Crippen LogP contribution is 2.18. The molecule has 0 spiro atoms. The fourth-order valence-corrected chi connectivity index (χ4v) is 2.67. The number of carbonyl (C=O) groups is 1. The van der Waals surface area contributed by atoms with Gasteiger partial charge in [-0.15, -0.1) is 5.10 Å². The van der Waals surface area contributed by atoms with Crippen LogP contribution in [-0.4, -0.2) is 50.1 Å². The van der Waals surface area contributed by atoms with E-state index in [4.69, 9.17) is 4.74 Å². The van der Waals surface area contributed by atoms with Gasteiger partial charge in [-0.1, -0.05) is 11.8 Å². The van der Waals surface area contributed by atoms with Crippen molar-refractivity contribution < 1.29 is 9.53 Å². The Morgan fingerprint density at radius 3 is 3.00 bits per heavy atom. The van der Waals surface area contributed by atoms with E-state index >= 15 is 0 Å². The Morgan fingerprint density at radius 2 is 2.35 bits per heavy atom. The zero-order valence-corrected chi connectivity index (χ0v) is 12.9. The molecule has 112 valence electrons. The van der Waals surface area contributed by atoms with Gasteiger partial charge in [-0.25, -0.2) is 4.68 Å². The van der Waals surface area contributed by atoms with Gasteiger partial charge in [0.15, 0.2) is 0 Å². The molecule has 1 fully saturated rings. The minimum Gasteiger partial charge on any atom is -0.376 e. The van der Waals surface area contributed by atoms with Gasteiger partial charge in [-0.2, -0.15) is 0 Å². The summed E-state index contributed by atoms with van der Waals surface area (Å²) in [6, 6.07) is 0. The number of carbonyl (C=O) groups excluding carboxylic acids is 1. The van der Waals surface area contributed by atoms with E-state index < -0.39 is 0 Å². The summed E-state index contributed by atoms with van der Waals surface area (Å²) >= 11 is 1.35. The summed E-state index contributed by atoms with van der Waals surface area (Å²) in [5.74, 6) is 0.289. The van der Waals surface area contributed by atoms with Gasteiger partial charge in [-0.05, 0) is 44.0 Å². The third-order valence-electron chi connectivity index (χ3n) is 2.75. The number of hydrogen-bond acceptors (Lipinski definition) is 6. The Hall–Kier alpha value is -1.15. The number of nitrogens with one attached hydrogen (secondary N) is 1. The standard InChI is InChI=1S/C12H21N5O2S/c1-12(2,3)13-10(18)8-20-11-14-15-16-17(11)7-9-5-4-6-19-9/h9H,4-8H2,1-3H3,(H,13,18)/t9-/m0/s1. The fourth-order valence-electron chi connectivity index (χ4n) is 1.98. The molecule has 1 aliphatic heterocycles. The first kappa shape index (κ1) is 15.2. The molecule has 1 aliphatic rings. The average molecular weight is 299 g/mol. The van der Waals surface area contributed by atoms with Crippen LogP contribution in [0, 0.1) is 0 Å². The minimum atomic E-state index is -0.221. The highest BCUT2D eigenvalue weighted by Gasteiger charge is 2.20. The van der Waals surface area contributed by atoms with Gasteiger partial charge in [0.2, 0.25) is 11.1 Å². The summed E-state index contributed by atoms with van der Waals surface area (Å²) in [7, 11) is 0.